The van der Waals surface area contributed by atoms with Gasteiger partial charge in [0.15, 0.2) is 6.23 Å². The van der Waals surface area contributed by atoms with E-state index < -0.39 is 85.2 Å². The first kappa shape index (κ1) is 36.3. The van der Waals surface area contributed by atoms with Crippen LogP contribution < -0.4 is 16.0 Å². The van der Waals surface area contributed by atoms with Crippen LogP contribution in [0.1, 0.15) is 53.9 Å². The van der Waals surface area contributed by atoms with Crippen molar-refractivity contribution in [2.45, 2.75) is 90.1 Å². The second kappa shape index (κ2) is 18.0. The molecule has 3 amide bonds. The number of amides is 3. The fraction of sp³-hybridized carbons (Fsp3) is 0.808. The molecule has 15 heteroatoms. The standard InChI is InChI=1S/C26H45N3O12/c1-15(31)6-8-38-10-11-39-9-7-27-24(37)17(13-20(34)41-26(3,4)5)12-19(33)29-25-21(28-16(2)32)23(36)22(35)18(14-30)40-25/h17-18,21-23,25,30,35-36H,6-14H2,1-5H3,(H,27,37)(H,28,32)(H,29,33)/t17-,18?,21?,22?,23?,25?/m1/s1. The lowest BCUT2D eigenvalue weighted by Crippen LogP contribution is -2.68. The Bertz CT molecular complexity index is 878. The number of Topliss-reactive ketones (excluding diaryl/α,β-unsaturated/α-hetero) is 1. The highest BCUT2D eigenvalue weighted by atomic mass is 16.6. The number of nitrogens with one attached hydrogen (secondary N) is 3. The Balaban J connectivity index is 2.78. The monoisotopic (exact) mass is 591 g/mol. The molecule has 1 heterocycles. The van der Waals surface area contributed by atoms with Gasteiger partial charge in [0.25, 0.3) is 0 Å². The maximum Gasteiger partial charge on any atom is 0.307 e. The van der Waals surface area contributed by atoms with Crippen molar-refractivity contribution in [2.24, 2.45) is 5.92 Å². The van der Waals surface area contributed by atoms with Gasteiger partial charge < -0.3 is 50.2 Å². The Morgan fingerprint density at radius 3 is 2.10 bits per heavy atom. The van der Waals surface area contributed by atoms with Crippen molar-refractivity contribution in [3.63, 3.8) is 0 Å². The van der Waals surface area contributed by atoms with Crippen molar-refractivity contribution in [1.82, 2.24) is 16.0 Å². The molecule has 5 unspecified atom stereocenters. The minimum Gasteiger partial charge on any atom is -0.460 e. The van der Waals surface area contributed by atoms with Gasteiger partial charge in [0.05, 0.1) is 45.4 Å². The van der Waals surface area contributed by atoms with Gasteiger partial charge in [-0.05, 0) is 27.7 Å². The molecule has 15 nitrogen and oxygen atoms in total. The van der Waals surface area contributed by atoms with Gasteiger partial charge in [0.1, 0.15) is 35.7 Å². The van der Waals surface area contributed by atoms with Crippen LogP contribution in [0.4, 0.5) is 0 Å². The first-order chi connectivity index (χ1) is 19.1. The van der Waals surface area contributed by atoms with Crippen LogP contribution in [-0.2, 0) is 42.9 Å². The summed E-state index contributed by atoms with van der Waals surface area (Å²) in [6.45, 7) is 7.96. The molecule has 6 N–H and O–H groups in total. The predicted molar refractivity (Wildman–Crippen MR) is 142 cm³/mol. The zero-order valence-electron chi connectivity index (χ0n) is 24.3. The summed E-state index contributed by atoms with van der Waals surface area (Å²) in [5, 5.41) is 37.5. The van der Waals surface area contributed by atoms with Gasteiger partial charge in [-0.3, -0.25) is 24.0 Å². The van der Waals surface area contributed by atoms with Crippen molar-refractivity contribution in [2.75, 3.05) is 39.6 Å². The van der Waals surface area contributed by atoms with Crippen LogP contribution in [0.25, 0.3) is 0 Å². The third-order valence-corrected chi connectivity index (χ3v) is 5.75. The van der Waals surface area contributed by atoms with Crippen LogP contribution in [0, 0.1) is 5.92 Å². The summed E-state index contributed by atoms with van der Waals surface area (Å²) >= 11 is 0. The second-order valence-electron chi connectivity index (χ2n) is 10.7. The molecule has 0 aromatic rings. The van der Waals surface area contributed by atoms with E-state index in [1.807, 2.05) is 0 Å². The Morgan fingerprint density at radius 2 is 1.54 bits per heavy atom. The van der Waals surface area contributed by atoms with Crippen LogP contribution >= 0.6 is 0 Å². The van der Waals surface area contributed by atoms with E-state index in [1.54, 1.807) is 20.8 Å². The highest BCUT2D eigenvalue weighted by Crippen LogP contribution is 2.21. The number of aliphatic hydroxyl groups excluding tert-OH is 3. The quantitative estimate of drug-likeness (QED) is 0.0792. The smallest absolute Gasteiger partial charge is 0.307 e. The molecule has 41 heavy (non-hydrogen) atoms. The largest absolute Gasteiger partial charge is 0.460 e. The Kier molecular flexibility index (Phi) is 15.9. The molecule has 1 aliphatic rings. The third-order valence-electron chi connectivity index (χ3n) is 5.75. The minimum absolute atomic E-state index is 0.0211. The Morgan fingerprint density at radius 1 is 0.902 bits per heavy atom. The molecular weight excluding hydrogens is 546 g/mol. The third kappa shape index (κ3) is 14.7. The van der Waals surface area contributed by atoms with E-state index >= 15 is 0 Å². The fourth-order valence-electron chi connectivity index (χ4n) is 3.85. The lowest BCUT2D eigenvalue weighted by Gasteiger charge is -2.42. The lowest BCUT2D eigenvalue weighted by molar-refractivity contribution is -0.203. The number of rotatable bonds is 17. The number of ether oxygens (including phenoxy) is 4. The first-order valence-corrected chi connectivity index (χ1v) is 13.5. The molecule has 0 bridgehead atoms. The van der Waals surface area contributed by atoms with Crippen molar-refractivity contribution in [1.29, 1.82) is 0 Å². The molecule has 1 rings (SSSR count). The van der Waals surface area contributed by atoms with Crippen molar-refractivity contribution >= 4 is 29.5 Å². The number of carbonyl (C=O) groups is 5. The van der Waals surface area contributed by atoms with Gasteiger partial charge >= 0.3 is 5.97 Å². The molecule has 1 fully saturated rings. The first-order valence-electron chi connectivity index (χ1n) is 13.5. The summed E-state index contributed by atoms with van der Waals surface area (Å²) < 4.78 is 21.4. The molecule has 0 aromatic heterocycles. The van der Waals surface area contributed by atoms with Crippen LogP contribution in [0.15, 0.2) is 0 Å². The van der Waals surface area contributed by atoms with Crippen LogP contribution in [0.5, 0.6) is 0 Å². The number of ketones is 1. The molecule has 0 radical (unpaired) electrons. The van der Waals surface area contributed by atoms with Crippen molar-refractivity contribution < 1.29 is 58.2 Å². The van der Waals surface area contributed by atoms with Crippen LogP contribution in [-0.4, -0.2) is 121 Å². The van der Waals surface area contributed by atoms with Crippen molar-refractivity contribution in [3.8, 4) is 0 Å². The zero-order valence-corrected chi connectivity index (χ0v) is 24.3. The van der Waals surface area contributed by atoms with E-state index in [9.17, 15) is 39.3 Å². The van der Waals surface area contributed by atoms with Crippen LogP contribution in [0.2, 0.25) is 0 Å². The normalized spacial score (nSPS) is 23.3. The van der Waals surface area contributed by atoms with E-state index in [1.165, 1.54) is 13.8 Å². The molecule has 6 atom stereocenters. The molecule has 236 valence electrons. The summed E-state index contributed by atoms with van der Waals surface area (Å²) in [5.41, 5.74) is -0.821. The topological polar surface area (TPSA) is 219 Å². The number of hydrogen-bond acceptors (Lipinski definition) is 12. The molecular formula is C26H45N3O12. The molecule has 0 aliphatic carbocycles. The highest BCUT2D eigenvalue weighted by Gasteiger charge is 2.45. The average molecular weight is 592 g/mol. The van der Waals surface area contributed by atoms with Gasteiger partial charge in [-0.1, -0.05) is 0 Å². The summed E-state index contributed by atoms with van der Waals surface area (Å²) in [4.78, 5) is 60.8. The highest BCUT2D eigenvalue weighted by molar-refractivity contribution is 5.89. The zero-order chi connectivity index (χ0) is 31.2. The van der Waals surface area contributed by atoms with Gasteiger partial charge in [0, 0.05) is 26.3 Å². The van der Waals surface area contributed by atoms with E-state index in [0.717, 1.165) is 0 Å². The second-order valence-corrected chi connectivity index (χ2v) is 10.7. The SMILES string of the molecule is CC(=O)CCOCCOCCNC(=O)[C@H](CC(=O)NC1OC(CO)C(O)C(O)C1NC(C)=O)CC(=O)OC(C)(C)C. The minimum atomic E-state index is -1.57. The summed E-state index contributed by atoms with van der Waals surface area (Å²) in [6.07, 6.45) is -6.29. The maximum absolute atomic E-state index is 12.9. The fourth-order valence-corrected chi connectivity index (χ4v) is 3.85. The predicted octanol–water partition coefficient (Wildman–Crippen LogP) is -2.09. The van der Waals surface area contributed by atoms with Crippen molar-refractivity contribution in [3.05, 3.63) is 0 Å². The summed E-state index contributed by atoms with van der Waals surface area (Å²) in [5.74, 6) is -3.77. The molecule has 1 saturated heterocycles. The lowest BCUT2D eigenvalue weighted by atomic mass is 9.95. The summed E-state index contributed by atoms with van der Waals surface area (Å²) in [7, 11) is 0. The molecule has 0 spiro atoms. The van der Waals surface area contributed by atoms with Gasteiger partial charge in [0.2, 0.25) is 17.7 Å². The Hall–Kier alpha value is -2.69. The van der Waals surface area contributed by atoms with Gasteiger partial charge in [-0.15, -0.1) is 0 Å². The average Bonchev–Trinajstić information content (AvgIpc) is 2.85. The van der Waals surface area contributed by atoms with E-state index in [4.69, 9.17) is 18.9 Å². The molecule has 0 saturated carbocycles. The van der Waals surface area contributed by atoms with E-state index in [0.29, 0.717) is 13.0 Å². The van der Waals surface area contributed by atoms with Crippen LogP contribution in [0.3, 0.4) is 0 Å². The van der Waals surface area contributed by atoms with E-state index in [-0.39, 0.29) is 32.1 Å². The molecule has 1 aliphatic heterocycles. The molecule has 0 aromatic carbocycles. The maximum atomic E-state index is 12.9. The number of esters is 1. The summed E-state index contributed by atoms with van der Waals surface area (Å²) in [6, 6.07) is -1.25. The van der Waals surface area contributed by atoms with E-state index in [2.05, 4.69) is 16.0 Å². The van der Waals surface area contributed by atoms with Gasteiger partial charge in [-0.25, -0.2) is 0 Å². The number of hydrogen-bond donors (Lipinski definition) is 6. The van der Waals surface area contributed by atoms with Gasteiger partial charge in [-0.2, -0.15) is 0 Å². The Labute approximate surface area is 239 Å². The number of carbonyl (C=O) groups excluding carboxylic acids is 5. The number of aliphatic hydroxyl groups is 3.